The van der Waals surface area contributed by atoms with Crippen molar-refractivity contribution in [1.29, 1.82) is 5.26 Å². The van der Waals surface area contributed by atoms with Crippen LogP contribution in [0.5, 0.6) is 0 Å². The van der Waals surface area contributed by atoms with E-state index in [1.54, 1.807) is 4.90 Å². The predicted molar refractivity (Wildman–Crippen MR) is 70.7 cm³/mol. The lowest BCUT2D eigenvalue weighted by atomic mass is 10.1. The van der Waals surface area contributed by atoms with Crippen molar-refractivity contribution in [2.75, 3.05) is 11.4 Å². The van der Waals surface area contributed by atoms with E-state index in [4.69, 9.17) is 5.26 Å². The van der Waals surface area contributed by atoms with Gasteiger partial charge in [-0.3, -0.25) is 10.1 Å². The number of rotatable bonds is 6. The van der Waals surface area contributed by atoms with Gasteiger partial charge in [-0.05, 0) is 18.9 Å². The number of nitro groups is 1. The molecule has 0 heterocycles. The number of anilines is 1. The van der Waals surface area contributed by atoms with Crippen LogP contribution in [-0.4, -0.2) is 28.6 Å². The van der Waals surface area contributed by atoms with Crippen LogP contribution >= 0.6 is 0 Å². The van der Waals surface area contributed by atoms with Crippen LogP contribution in [0.15, 0.2) is 18.2 Å². The number of benzene rings is 1. The van der Waals surface area contributed by atoms with Crippen molar-refractivity contribution in [3.05, 3.63) is 33.9 Å². The molecule has 7 nitrogen and oxygen atoms in total. The third-order valence-electron chi connectivity index (χ3n) is 3.18. The van der Waals surface area contributed by atoms with Crippen molar-refractivity contribution in [1.82, 2.24) is 0 Å². The average molecular weight is 275 g/mol. The van der Waals surface area contributed by atoms with Gasteiger partial charge in [0.05, 0.1) is 28.7 Å². The Morgan fingerprint density at radius 2 is 2.25 bits per heavy atom. The number of hydrogen-bond donors (Lipinski definition) is 1. The van der Waals surface area contributed by atoms with Gasteiger partial charge in [-0.1, -0.05) is 0 Å². The molecule has 1 aliphatic rings. The molecule has 0 amide bonds. The van der Waals surface area contributed by atoms with Crippen LogP contribution in [0.25, 0.3) is 0 Å². The lowest BCUT2D eigenvalue weighted by Crippen LogP contribution is -2.28. The minimum absolute atomic E-state index is 0.0282. The Hall–Kier alpha value is -2.62. The van der Waals surface area contributed by atoms with Gasteiger partial charge in [0.2, 0.25) is 0 Å². The zero-order chi connectivity index (χ0) is 14.7. The fourth-order valence-corrected chi connectivity index (χ4v) is 2.11. The normalized spacial score (nSPS) is 13.6. The molecule has 1 N–H and O–H groups in total. The van der Waals surface area contributed by atoms with Crippen LogP contribution in [0, 0.1) is 21.4 Å². The van der Waals surface area contributed by atoms with Crippen molar-refractivity contribution in [3.8, 4) is 6.07 Å². The zero-order valence-corrected chi connectivity index (χ0v) is 10.7. The standard InChI is InChI=1S/C13H13N3O4/c14-6-1-7-15(9-2-3-9)12-8-10(16(19)20)4-5-11(12)13(17)18/h4-5,8-9H,1-3,7H2,(H,17,18). The molecule has 0 aromatic heterocycles. The summed E-state index contributed by atoms with van der Waals surface area (Å²) in [5.74, 6) is -1.13. The largest absolute Gasteiger partial charge is 0.478 e. The van der Waals surface area contributed by atoms with Crippen molar-refractivity contribution >= 4 is 17.3 Å². The second kappa shape index (κ2) is 5.57. The van der Waals surface area contributed by atoms with Gasteiger partial charge in [-0.2, -0.15) is 5.26 Å². The van der Waals surface area contributed by atoms with Gasteiger partial charge < -0.3 is 10.0 Å². The van der Waals surface area contributed by atoms with E-state index in [9.17, 15) is 20.0 Å². The van der Waals surface area contributed by atoms with Gasteiger partial charge in [0.25, 0.3) is 5.69 Å². The van der Waals surface area contributed by atoms with Crippen LogP contribution in [0.1, 0.15) is 29.6 Å². The molecule has 104 valence electrons. The highest BCUT2D eigenvalue weighted by Gasteiger charge is 2.32. The number of carboxylic acid groups (broad SMARTS) is 1. The molecular formula is C13H13N3O4. The molecule has 0 unspecified atom stereocenters. The van der Waals surface area contributed by atoms with Gasteiger partial charge in [0.15, 0.2) is 0 Å². The van der Waals surface area contributed by atoms with Gasteiger partial charge in [-0.25, -0.2) is 4.79 Å². The van der Waals surface area contributed by atoms with E-state index in [1.165, 1.54) is 18.2 Å². The molecule has 1 fully saturated rings. The Kier molecular flexibility index (Phi) is 3.84. The molecule has 0 aliphatic heterocycles. The summed E-state index contributed by atoms with van der Waals surface area (Å²) in [4.78, 5) is 23.3. The van der Waals surface area contributed by atoms with Crippen molar-refractivity contribution in [3.63, 3.8) is 0 Å². The van der Waals surface area contributed by atoms with E-state index < -0.39 is 10.9 Å². The van der Waals surface area contributed by atoms with E-state index >= 15 is 0 Å². The summed E-state index contributed by atoms with van der Waals surface area (Å²) in [6.45, 7) is 0.378. The Bertz CT molecular complexity index is 590. The van der Waals surface area contributed by atoms with Crippen molar-refractivity contribution in [2.24, 2.45) is 0 Å². The summed E-state index contributed by atoms with van der Waals surface area (Å²) >= 11 is 0. The molecule has 0 atom stereocenters. The SMILES string of the molecule is N#CCCN(c1cc([N+](=O)[O-])ccc1C(=O)O)C1CC1. The van der Waals surface area contributed by atoms with E-state index in [0.717, 1.165) is 12.8 Å². The topological polar surface area (TPSA) is 107 Å². The molecular weight excluding hydrogens is 262 g/mol. The highest BCUT2D eigenvalue weighted by atomic mass is 16.6. The van der Waals surface area contributed by atoms with Crippen molar-refractivity contribution in [2.45, 2.75) is 25.3 Å². The maximum absolute atomic E-state index is 11.3. The first-order valence-corrected chi connectivity index (χ1v) is 6.20. The number of nitrogens with zero attached hydrogens (tertiary/aromatic N) is 3. The molecule has 1 saturated carbocycles. The molecule has 0 radical (unpaired) electrons. The highest BCUT2D eigenvalue weighted by Crippen LogP contribution is 2.35. The van der Waals surface area contributed by atoms with Crippen LogP contribution < -0.4 is 4.90 Å². The van der Waals surface area contributed by atoms with Crippen LogP contribution in [0.3, 0.4) is 0 Å². The molecule has 1 aromatic carbocycles. The van der Waals surface area contributed by atoms with E-state index in [-0.39, 0.29) is 23.7 Å². The molecule has 7 heteroatoms. The summed E-state index contributed by atoms with van der Waals surface area (Å²) in [6.07, 6.45) is 2.07. The third kappa shape index (κ3) is 2.85. The smallest absolute Gasteiger partial charge is 0.337 e. The third-order valence-corrected chi connectivity index (χ3v) is 3.18. The first-order chi connectivity index (χ1) is 9.54. The van der Waals surface area contributed by atoms with Gasteiger partial charge >= 0.3 is 5.97 Å². The lowest BCUT2D eigenvalue weighted by molar-refractivity contribution is -0.384. The number of carbonyl (C=O) groups is 1. The Morgan fingerprint density at radius 3 is 2.75 bits per heavy atom. The first kappa shape index (κ1) is 13.8. The molecule has 20 heavy (non-hydrogen) atoms. The van der Waals surface area contributed by atoms with Crippen LogP contribution in [0.4, 0.5) is 11.4 Å². The predicted octanol–water partition coefficient (Wildman–Crippen LogP) is 2.18. The Labute approximate surface area is 115 Å². The van der Waals surface area contributed by atoms with Gasteiger partial charge in [-0.15, -0.1) is 0 Å². The maximum Gasteiger partial charge on any atom is 0.337 e. The zero-order valence-electron chi connectivity index (χ0n) is 10.7. The molecule has 0 bridgehead atoms. The molecule has 0 spiro atoms. The quantitative estimate of drug-likeness (QED) is 0.629. The first-order valence-electron chi connectivity index (χ1n) is 6.20. The number of hydrogen-bond acceptors (Lipinski definition) is 5. The van der Waals surface area contributed by atoms with Gasteiger partial charge in [0, 0.05) is 24.7 Å². The monoisotopic (exact) mass is 275 g/mol. The number of nitro benzene ring substituents is 1. The maximum atomic E-state index is 11.3. The minimum Gasteiger partial charge on any atom is -0.478 e. The van der Waals surface area contributed by atoms with Crippen molar-refractivity contribution < 1.29 is 14.8 Å². The van der Waals surface area contributed by atoms with Crippen LogP contribution in [-0.2, 0) is 0 Å². The summed E-state index contributed by atoms with van der Waals surface area (Å²) in [5, 5.41) is 28.7. The summed E-state index contributed by atoms with van der Waals surface area (Å²) in [7, 11) is 0. The minimum atomic E-state index is -1.13. The summed E-state index contributed by atoms with van der Waals surface area (Å²) in [5.41, 5.74) is 0.206. The number of aromatic carboxylic acids is 1. The second-order valence-corrected chi connectivity index (χ2v) is 4.60. The molecule has 0 saturated heterocycles. The molecule has 1 aliphatic carbocycles. The second-order valence-electron chi connectivity index (χ2n) is 4.60. The molecule has 1 aromatic rings. The van der Waals surface area contributed by atoms with Crippen LogP contribution in [0.2, 0.25) is 0 Å². The van der Waals surface area contributed by atoms with E-state index in [2.05, 4.69) is 0 Å². The summed E-state index contributed by atoms with van der Waals surface area (Å²) in [6, 6.07) is 5.89. The molecule has 2 rings (SSSR count). The fraction of sp³-hybridized carbons (Fsp3) is 0.385. The fourth-order valence-electron chi connectivity index (χ4n) is 2.11. The number of carboxylic acids is 1. The lowest BCUT2D eigenvalue weighted by Gasteiger charge is -2.24. The van der Waals surface area contributed by atoms with E-state index in [1.807, 2.05) is 6.07 Å². The average Bonchev–Trinajstić information content (AvgIpc) is 3.23. The van der Waals surface area contributed by atoms with Gasteiger partial charge in [0.1, 0.15) is 0 Å². The summed E-state index contributed by atoms with van der Waals surface area (Å²) < 4.78 is 0. The number of non-ortho nitro benzene ring substituents is 1. The van der Waals surface area contributed by atoms with E-state index in [0.29, 0.717) is 12.2 Å². The Balaban J connectivity index is 2.44. The highest BCUT2D eigenvalue weighted by molar-refractivity contribution is 5.95. The Morgan fingerprint density at radius 1 is 1.55 bits per heavy atom. The number of nitriles is 1.